The molecule has 180 valence electrons. The fourth-order valence-electron chi connectivity index (χ4n) is 3.89. The van der Waals surface area contributed by atoms with Crippen molar-refractivity contribution >= 4 is 17.6 Å². The van der Waals surface area contributed by atoms with Gasteiger partial charge in [0.15, 0.2) is 0 Å². The Morgan fingerprint density at radius 3 is 2.71 bits per heavy atom. The van der Waals surface area contributed by atoms with Crippen LogP contribution >= 0.6 is 0 Å². The third kappa shape index (κ3) is 5.20. The average molecular weight is 476 g/mol. The maximum Gasteiger partial charge on any atom is 0.389 e. The standard InChI is InChI=1S/C22H23F3N6O3/c23-22(24,25)7-5-17(32)29-19(13-3-4-13)16-6-8-31-10-14(27-21(31)28-16)9-26-20(33)15-11-34-30-18(15)12-1-2-12/h6,8,10-13,19H,1-5,7,9H2,(H,26,33)(H,29,32). The Labute approximate surface area is 192 Å². The molecular formula is C22H23F3N6O3. The van der Waals surface area contributed by atoms with Gasteiger partial charge in [0.2, 0.25) is 11.7 Å². The van der Waals surface area contributed by atoms with E-state index in [9.17, 15) is 22.8 Å². The summed E-state index contributed by atoms with van der Waals surface area (Å²) in [4.78, 5) is 33.6. The van der Waals surface area contributed by atoms with Gasteiger partial charge in [0, 0.05) is 24.7 Å². The minimum atomic E-state index is -4.38. The molecule has 1 unspecified atom stereocenters. The van der Waals surface area contributed by atoms with Gasteiger partial charge in [-0.3, -0.25) is 14.0 Å². The van der Waals surface area contributed by atoms with Crippen LogP contribution in [-0.2, 0) is 11.3 Å². The van der Waals surface area contributed by atoms with Gasteiger partial charge in [-0.15, -0.1) is 0 Å². The molecule has 2 saturated carbocycles. The van der Waals surface area contributed by atoms with Gasteiger partial charge in [0.1, 0.15) is 11.8 Å². The molecule has 5 rings (SSSR count). The van der Waals surface area contributed by atoms with Crippen molar-refractivity contribution in [3.8, 4) is 0 Å². The number of aromatic nitrogens is 4. The first-order valence-corrected chi connectivity index (χ1v) is 11.2. The summed E-state index contributed by atoms with van der Waals surface area (Å²) in [6, 6.07) is 1.27. The highest BCUT2D eigenvalue weighted by atomic mass is 19.4. The van der Waals surface area contributed by atoms with Crippen LogP contribution in [0.5, 0.6) is 0 Å². The first-order valence-electron chi connectivity index (χ1n) is 11.2. The minimum absolute atomic E-state index is 0.141. The van der Waals surface area contributed by atoms with E-state index >= 15 is 0 Å². The van der Waals surface area contributed by atoms with Crippen LogP contribution in [0.1, 0.15) is 77.9 Å². The zero-order valence-electron chi connectivity index (χ0n) is 18.1. The predicted molar refractivity (Wildman–Crippen MR) is 112 cm³/mol. The topological polar surface area (TPSA) is 114 Å². The lowest BCUT2D eigenvalue weighted by Gasteiger charge is -2.18. The normalized spacial score (nSPS) is 17.0. The average Bonchev–Trinajstić information content (AvgIpc) is 3.73. The van der Waals surface area contributed by atoms with E-state index in [-0.39, 0.29) is 24.3 Å². The van der Waals surface area contributed by atoms with Crippen LogP contribution in [0.3, 0.4) is 0 Å². The van der Waals surface area contributed by atoms with Crippen LogP contribution in [0.4, 0.5) is 13.2 Å². The quantitative estimate of drug-likeness (QED) is 0.489. The monoisotopic (exact) mass is 476 g/mol. The molecule has 12 heteroatoms. The van der Waals surface area contributed by atoms with Crippen LogP contribution in [0.15, 0.2) is 29.2 Å². The molecule has 2 aliphatic carbocycles. The number of hydrogen-bond acceptors (Lipinski definition) is 6. The van der Waals surface area contributed by atoms with E-state index in [1.54, 1.807) is 22.9 Å². The van der Waals surface area contributed by atoms with Gasteiger partial charge in [-0.2, -0.15) is 13.2 Å². The van der Waals surface area contributed by atoms with Gasteiger partial charge in [-0.25, -0.2) is 9.97 Å². The molecule has 0 radical (unpaired) electrons. The number of nitrogens with zero attached hydrogens (tertiary/aromatic N) is 4. The lowest BCUT2D eigenvalue weighted by Crippen LogP contribution is -2.31. The van der Waals surface area contributed by atoms with E-state index < -0.39 is 31.0 Å². The summed E-state index contributed by atoms with van der Waals surface area (Å²) < 4.78 is 44.0. The molecule has 0 bridgehead atoms. The SMILES string of the molecule is O=C(CCC(F)(F)F)NC(c1ccn2cc(CNC(=O)c3conc3C3CC3)nc2n1)C1CC1. The summed E-state index contributed by atoms with van der Waals surface area (Å²) >= 11 is 0. The number of alkyl halides is 3. The third-order valence-corrected chi connectivity index (χ3v) is 6.00. The lowest BCUT2D eigenvalue weighted by molar-refractivity contribution is -0.144. The molecule has 3 heterocycles. The number of imidazole rings is 1. The molecule has 1 atom stereocenters. The fraction of sp³-hybridized carbons (Fsp3) is 0.500. The van der Waals surface area contributed by atoms with Gasteiger partial charge in [0.25, 0.3) is 5.91 Å². The van der Waals surface area contributed by atoms with Crippen molar-refractivity contribution in [3.05, 3.63) is 47.4 Å². The number of halogens is 3. The lowest BCUT2D eigenvalue weighted by atomic mass is 10.1. The molecule has 0 spiro atoms. The summed E-state index contributed by atoms with van der Waals surface area (Å²) in [6.07, 6.45) is 2.40. The molecule has 34 heavy (non-hydrogen) atoms. The molecule has 0 aromatic carbocycles. The number of hydrogen-bond donors (Lipinski definition) is 2. The highest BCUT2D eigenvalue weighted by Crippen LogP contribution is 2.41. The fourth-order valence-corrected chi connectivity index (χ4v) is 3.89. The number of nitrogens with one attached hydrogen (secondary N) is 2. The number of carbonyl (C=O) groups is 2. The van der Waals surface area contributed by atoms with Gasteiger partial charge < -0.3 is 15.2 Å². The van der Waals surface area contributed by atoms with Crippen LogP contribution in [0, 0.1) is 5.92 Å². The second-order valence-corrected chi connectivity index (χ2v) is 8.86. The minimum Gasteiger partial charge on any atom is -0.364 e. The molecule has 2 fully saturated rings. The summed E-state index contributed by atoms with van der Waals surface area (Å²) in [7, 11) is 0. The molecule has 3 aromatic heterocycles. The maximum absolute atomic E-state index is 12.5. The van der Waals surface area contributed by atoms with Crippen LogP contribution < -0.4 is 10.6 Å². The molecule has 0 aliphatic heterocycles. The van der Waals surface area contributed by atoms with Gasteiger partial charge in [-0.05, 0) is 37.7 Å². The van der Waals surface area contributed by atoms with Crippen LogP contribution in [-0.4, -0.2) is 37.5 Å². The van der Waals surface area contributed by atoms with Gasteiger partial charge >= 0.3 is 6.18 Å². The van der Waals surface area contributed by atoms with Gasteiger partial charge in [-0.1, -0.05) is 5.16 Å². The molecule has 0 saturated heterocycles. The third-order valence-electron chi connectivity index (χ3n) is 6.00. The number of amides is 2. The van der Waals surface area contributed by atoms with Crippen molar-refractivity contribution in [1.29, 1.82) is 0 Å². The van der Waals surface area contributed by atoms with Crippen molar-refractivity contribution in [1.82, 2.24) is 30.2 Å². The van der Waals surface area contributed by atoms with Crippen molar-refractivity contribution in [2.45, 2.75) is 63.2 Å². The van der Waals surface area contributed by atoms with Crippen molar-refractivity contribution in [2.75, 3.05) is 0 Å². The molecule has 2 aliphatic rings. The summed E-state index contributed by atoms with van der Waals surface area (Å²) in [5, 5.41) is 9.44. The van der Waals surface area contributed by atoms with E-state index in [0.717, 1.165) is 25.7 Å². The molecule has 3 aromatic rings. The van der Waals surface area contributed by atoms with Crippen LogP contribution in [0.25, 0.3) is 5.78 Å². The molecular weight excluding hydrogens is 453 g/mol. The Kier molecular flexibility index (Phi) is 5.74. The summed E-state index contributed by atoms with van der Waals surface area (Å²) in [6.45, 7) is 0.174. The van der Waals surface area contributed by atoms with Crippen molar-refractivity contribution < 1.29 is 27.3 Å². The summed E-state index contributed by atoms with van der Waals surface area (Å²) in [5.41, 5.74) is 2.25. The predicted octanol–water partition coefficient (Wildman–Crippen LogP) is 3.43. The zero-order valence-corrected chi connectivity index (χ0v) is 18.1. The largest absolute Gasteiger partial charge is 0.389 e. The first kappa shape index (κ1) is 22.4. The number of fused-ring (bicyclic) bond motifs is 1. The maximum atomic E-state index is 12.5. The smallest absolute Gasteiger partial charge is 0.364 e. The van der Waals surface area contributed by atoms with E-state index in [0.29, 0.717) is 28.4 Å². The van der Waals surface area contributed by atoms with Crippen LogP contribution in [0.2, 0.25) is 0 Å². The highest BCUT2D eigenvalue weighted by Gasteiger charge is 2.36. The van der Waals surface area contributed by atoms with Gasteiger partial charge in [0.05, 0.1) is 36.1 Å². The molecule has 9 nitrogen and oxygen atoms in total. The first-order chi connectivity index (χ1) is 16.3. The Balaban J connectivity index is 1.25. The number of rotatable bonds is 9. The Bertz CT molecular complexity index is 1210. The highest BCUT2D eigenvalue weighted by molar-refractivity contribution is 5.95. The van der Waals surface area contributed by atoms with E-state index in [1.165, 1.54) is 6.26 Å². The second-order valence-electron chi connectivity index (χ2n) is 8.86. The van der Waals surface area contributed by atoms with E-state index in [4.69, 9.17) is 4.52 Å². The Morgan fingerprint density at radius 1 is 1.21 bits per heavy atom. The van der Waals surface area contributed by atoms with E-state index in [1.807, 2.05) is 0 Å². The Hall–Kier alpha value is -3.44. The molecule has 2 N–H and O–H groups in total. The molecule has 2 amide bonds. The zero-order chi connectivity index (χ0) is 23.9. The van der Waals surface area contributed by atoms with Crippen molar-refractivity contribution in [3.63, 3.8) is 0 Å². The second kappa shape index (κ2) is 8.73. The van der Waals surface area contributed by atoms with Crippen molar-refractivity contribution in [2.24, 2.45) is 5.92 Å². The number of carbonyl (C=O) groups excluding carboxylic acids is 2. The summed E-state index contributed by atoms with van der Waals surface area (Å²) in [5.74, 6) is -0.139. The van der Waals surface area contributed by atoms with E-state index in [2.05, 4.69) is 25.8 Å². The Morgan fingerprint density at radius 2 is 2.00 bits per heavy atom.